The molecule has 1 amide bonds. The van der Waals surface area contributed by atoms with E-state index in [9.17, 15) is 4.79 Å². The van der Waals surface area contributed by atoms with E-state index in [0.29, 0.717) is 46.7 Å². The maximum Gasteiger partial charge on any atom is 0.269 e. The van der Waals surface area contributed by atoms with E-state index < -0.39 is 0 Å². The number of carbonyl (C=O) groups excluding carboxylic acids is 1. The quantitative estimate of drug-likeness (QED) is 0.363. The summed E-state index contributed by atoms with van der Waals surface area (Å²) in [6.45, 7) is 7.26. The third-order valence-corrected chi connectivity index (χ3v) is 5.71. The van der Waals surface area contributed by atoms with Crippen molar-refractivity contribution in [2.45, 2.75) is 58.9 Å². The second-order valence-electron chi connectivity index (χ2n) is 7.49. The van der Waals surface area contributed by atoms with Gasteiger partial charge < -0.3 is 14.8 Å². The highest BCUT2D eigenvalue weighted by Crippen LogP contribution is 2.29. The van der Waals surface area contributed by atoms with Crippen molar-refractivity contribution in [1.82, 2.24) is 16.2 Å². The summed E-state index contributed by atoms with van der Waals surface area (Å²) in [5.74, 6) is 2.11. The van der Waals surface area contributed by atoms with Crippen molar-refractivity contribution in [2.75, 3.05) is 13.7 Å². The molecule has 0 heterocycles. The highest BCUT2D eigenvalue weighted by Gasteiger charge is 2.27. The van der Waals surface area contributed by atoms with Crippen LogP contribution in [0.3, 0.4) is 0 Å². The van der Waals surface area contributed by atoms with Crippen LogP contribution in [0, 0.1) is 11.8 Å². The van der Waals surface area contributed by atoms with E-state index in [1.165, 1.54) is 12.8 Å². The Hall–Kier alpha value is -2.02. The first-order valence-electron chi connectivity index (χ1n) is 10.1. The van der Waals surface area contributed by atoms with Crippen molar-refractivity contribution in [2.24, 2.45) is 11.8 Å². The Morgan fingerprint density at radius 1 is 1.21 bits per heavy atom. The first kappa shape index (κ1) is 22.3. The second kappa shape index (κ2) is 11.1. The lowest BCUT2D eigenvalue weighted by Crippen LogP contribution is -2.52. The molecule has 0 spiro atoms. The van der Waals surface area contributed by atoms with Gasteiger partial charge in [0.2, 0.25) is 0 Å². The van der Waals surface area contributed by atoms with Gasteiger partial charge in [-0.3, -0.25) is 15.6 Å². The van der Waals surface area contributed by atoms with Crippen LogP contribution in [0.5, 0.6) is 11.5 Å². The zero-order valence-corrected chi connectivity index (χ0v) is 18.2. The van der Waals surface area contributed by atoms with Crippen molar-refractivity contribution in [3.8, 4) is 11.5 Å². The summed E-state index contributed by atoms with van der Waals surface area (Å²) >= 11 is 5.34. The van der Waals surface area contributed by atoms with Crippen molar-refractivity contribution < 1.29 is 14.3 Å². The van der Waals surface area contributed by atoms with Crippen molar-refractivity contribution in [3.63, 3.8) is 0 Å². The molecule has 28 heavy (non-hydrogen) atoms. The van der Waals surface area contributed by atoms with Gasteiger partial charge >= 0.3 is 0 Å². The SMILES string of the molecule is CCCCOc1ccc(C(=O)NNC(=S)N[C@@H]2CCC[C@H](C)[C@@H]2C)cc1OC. The number of carbonyl (C=O) groups is 1. The van der Waals surface area contributed by atoms with Crippen LogP contribution in [0.4, 0.5) is 0 Å². The molecule has 156 valence electrons. The van der Waals surface area contributed by atoms with E-state index in [1.807, 2.05) is 0 Å². The monoisotopic (exact) mass is 407 g/mol. The standard InChI is InChI=1S/C21H33N3O3S/c1-5-6-12-27-18-11-10-16(13-19(18)26-4)20(25)23-24-21(28)22-17-9-7-8-14(2)15(17)3/h10-11,13-15,17H,5-9,12H2,1-4H3,(H,23,25)(H2,22,24,28)/t14-,15-,17+/m0/s1. The molecular formula is C21H33N3O3S. The lowest BCUT2D eigenvalue weighted by Gasteiger charge is -2.35. The van der Waals surface area contributed by atoms with Gasteiger partial charge in [0.25, 0.3) is 5.91 Å². The van der Waals surface area contributed by atoms with E-state index >= 15 is 0 Å². The second-order valence-corrected chi connectivity index (χ2v) is 7.90. The molecule has 3 N–H and O–H groups in total. The van der Waals surface area contributed by atoms with Gasteiger partial charge in [-0.15, -0.1) is 0 Å². The van der Waals surface area contributed by atoms with Gasteiger partial charge in [0.1, 0.15) is 0 Å². The molecule has 0 unspecified atom stereocenters. The summed E-state index contributed by atoms with van der Waals surface area (Å²) in [7, 11) is 1.56. The van der Waals surface area contributed by atoms with Gasteiger partial charge in [-0.2, -0.15) is 0 Å². The largest absolute Gasteiger partial charge is 0.493 e. The topological polar surface area (TPSA) is 71.6 Å². The lowest BCUT2D eigenvalue weighted by atomic mass is 9.78. The van der Waals surface area contributed by atoms with Gasteiger partial charge in [0.15, 0.2) is 16.6 Å². The fourth-order valence-electron chi connectivity index (χ4n) is 3.43. The number of thiocarbonyl (C=S) groups is 1. The minimum absolute atomic E-state index is 0.285. The molecule has 1 aliphatic carbocycles. The predicted molar refractivity (Wildman–Crippen MR) is 116 cm³/mol. The molecule has 0 aromatic heterocycles. The van der Waals surface area contributed by atoms with Gasteiger partial charge in [-0.05, 0) is 55.1 Å². The summed E-state index contributed by atoms with van der Waals surface area (Å²) < 4.78 is 11.1. The Morgan fingerprint density at radius 2 is 2.00 bits per heavy atom. The van der Waals surface area contributed by atoms with Crippen LogP contribution < -0.4 is 25.6 Å². The van der Waals surface area contributed by atoms with E-state index in [-0.39, 0.29) is 5.91 Å². The average molecular weight is 408 g/mol. The molecule has 1 fully saturated rings. The number of rotatable bonds is 7. The van der Waals surface area contributed by atoms with Crippen LogP contribution in [0.2, 0.25) is 0 Å². The molecule has 7 heteroatoms. The first-order valence-corrected chi connectivity index (χ1v) is 10.5. The molecule has 1 aromatic carbocycles. The summed E-state index contributed by atoms with van der Waals surface area (Å²) in [4.78, 5) is 12.4. The highest BCUT2D eigenvalue weighted by atomic mass is 32.1. The number of methoxy groups -OCH3 is 1. The minimum atomic E-state index is -0.285. The average Bonchev–Trinajstić information content (AvgIpc) is 2.70. The van der Waals surface area contributed by atoms with Crippen LogP contribution in [0.25, 0.3) is 0 Å². The van der Waals surface area contributed by atoms with E-state index in [0.717, 1.165) is 19.3 Å². The zero-order valence-electron chi connectivity index (χ0n) is 17.3. The van der Waals surface area contributed by atoms with Gasteiger partial charge in [-0.25, -0.2) is 0 Å². The molecule has 6 nitrogen and oxygen atoms in total. The molecule has 1 saturated carbocycles. The lowest BCUT2D eigenvalue weighted by molar-refractivity contribution is 0.0942. The van der Waals surface area contributed by atoms with E-state index in [2.05, 4.69) is 36.9 Å². The molecule has 0 radical (unpaired) electrons. The zero-order chi connectivity index (χ0) is 20.5. The summed E-state index contributed by atoms with van der Waals surface area (Å²) in [6.07, 6.45) is 5.58. The van der Waals surface area contributed by atoms with E-state index in [1.54, 1.807) is 25.3 Å². The van der Waals surface area contributed by atoms with Gasteiger partial charge in [0.05, 0.1) is 13.7 Å². The minimum Gasteiger partial charge on any atom is -0.493 e. The molecule has 1 aromatic rings. The Bertz CT molecular complexity index is 668. The predicted octanol–water partition coefficient (Wildman–Crippen LogP) is 3.81. The molecule has 1 aliphatic rings. The van der Waals surface area contributed by atoms with Gasteiger partial charge in [0, 0.05) is 11.6 Å². The van der Waals surface area contributed by atoms with Crippen LogP contribution in [0.15, 0.2) is 18.2 Å². The van der Waals surface area contributed by atoms with Crippen LogP contribution in [-0.2, 0) is 0 Å². The molecular weight excluding hydrogens is 374 g/mol. The molecule has 3 atom stereocenters. The molecule has 0 saturated heterocycles. The fraction of sp³-hybridized carbons (Fsp3) is 0.619. The number of hydrogen-bond donors (Lipinski definition) is 3. The number of ether oxygens (including phenoxy) is 2. The molecule has 2 rings (SSSR count). The Kier molecular flexibility index (Phi) is 8.83. The number of hydrazine groups is 1. The number of nitrogens with one attached hydrogen (secondary N) is 3. The maximum atomic E-state index is 12.4. The van der Waals surface area contributed by atoms with E-state index in [4.69, 9.17) is 21.7 Å². The van der Waals surface area contributed by atoms with Gasteiger partial charge in [-0.1, -0.05) is 40.0 Å². The van der Waals surface area contributed by atoms with Crippen LogP contribution >= 0.6 is 12.2 Å². The molecule has 0 aliphatic heterocycles. The Labute approximate surface area is 173 Å². The van der Waals surface area contributed by atoms with Crippen LogP contribution in [-0.4, -0.2) is 30.8 Å². The first-order chi connectivity index (χ1) is 13.5. The van der Waals surface area contributed by atoms with Crippen molar-refractivity contribution >= 4 is 23.2 Å². The third-order valence-electron chi connectivity index (χ3n) is 5.49. The van der Waals surface area contributed by atoms with Crippen molar-refractivity contribution in [3.05, 3.63) is 23.8 Å². The Morgan fingerprint density at radius 3 is 2.71 bits per heavy atom. The summed E-state index contributed by atoms with van der Waals surface area (Å²) in [5, 5.41) is 3.76. The number of benzene rings is 1. The summed E-state index contributed by atoms with van der Waals surface area (Å²) in [6, 6.07) is 5.47. The van der Waals surface area contributed by atoms with Crippen molar-refractivity contribution in [1.29, 1.82) is 0 Å². The fourth-order valence-corrected chi connectivity index (χ4v) is 3.63. The third kappa shape index (κ3) is 6.26. The summed E-state index contributed by atoms with van der Waals surface area (Å²) in [5.41, 5.74) is 5.92. The smallest absolute Gasteiger partial charge is 0.269 e. The number of amides is 1. The number of unbranched alkanes of at least 4 members (excludes halogenated alkanes) is 1. The number of hydrogen-bond acceptors (Lipinski definition) is 4. The van der Waals surface area contributed by atoms with Crippen LogP contribution in [0.1, 0.15) is 63.2 Å². The molecule has 0 bridgehead atoms. The maximum absolute atomic E-state index is 12.4. The highest BCUT2D eigenvalue weighted by molar-refractivity contribution is 7.80. The Balaban J connectivity index is 1.87. The normalized spacial score (nSPS) is 21.5.